The van der Waals surface area contributed by atoms with Gasteiger partial charge in [-0.3, -0.25) is 9.52 Å². The Labute approximate surface area is 135 Å². The molecule has 1 amide bonds. The van der Waals surface area contributed by atoms with Crippen LogP contribution in [0.2, 0.25) is 5.02 Å². The third-order valence-electron chi connectivity index (χ3n) is 3.40. The van der Waals surface area contributed by atoms with Gasteiger partial charge in [0.05, 0.1) is 29.7 Å². The van der Waals surface area contributed by atoms with Crippen LogP contribution in [-0.4, -0.2) is 39.3 Å². The van der Waals surface area contributed by atoms with E-state index >= 15 is 0 Å². The number of halogens is 1. The molecule has 1 aliphatic rings. The molecular weight excluding hydrogens is 328 g/mol. The van der Waals surface area contributed by atoms with E-state index in [9.17, 15) is 13.2 Å². The fourth-order valence-corrected chi connectivity index (χ4v) is 3.12. The lowest BCUT2D eigenvalue weighted by Crippen LogP contribution is -2.41. The number of anilines is 1. The van der Waals surface area contributed by atoms with Crippen molar-refractivity contribution < 1.29 is 17.9 Å². The van der Waals surface area contributed by atoms with Crippen molar-refractivity contribution in [3.8, 4) is 0 Å². The highest BCUT2D eigenvalue weighted by Gasteiger charge is 2.25. The number of sulfonamides is 1. The van der Waals surface area contributed by atoms with Gasteiger partial charge in [-0.05, 0) is 38.0 Å². The van der Waals surface area contributed by atoms with Crippen molar-refractivity contribution in [1.82, 2.24) is 5.32 Å². The first-order valence-electron chi connectivity index (χ1n) is 6.96. The molecule has 0 aromatic heterocycles. The molecule has 0 aliphatic carbocycles. The Morgan fingerprint density at radius 1 is 1.45 bits per heavy atom. The first-order valence-corrected chi connectivity index (χ1v) is 9.23. The van der Waals surface area contributed by atoms with Crippen molar-refractivity contribution in [2.24, 2.45) is 0 Å². The molecule has 0 radical (unpaired) electrons. The highest BCUT2D eigenvalue weighted by atomic mass is 35.5. The molecule has 2 atom stereocenters. The van der Waals surface area contributed by atoms with Gasteiger partial charge in [-0.1, -0.05) is 11.6 Å². The minimum absolute atomic E-state index is 0.0190. The summed E-state index contributed by atoms with van der Waals surface area (Å²) in [6.45, 7) is 2.56. The second kappa shape index (κ2) is 6.85. The molecule has 1 aromatic rings. The summed E-state index contributed by atoms with van der Waals surface area (Å²) in [5.74, 6) is -0.392. The fraction of sp³-hybridized carbons (Fsp3) is 0.500. The summed E-state index contributed by atoms with van der Waals surface area (Å²) in [6, 6.07) is 4.26. The van der Waals surface area contributed by atoms with Crippen molar-refractivity contribution in [2.75, 3.05) is 17.6 Å². The number of ether oxygens (including phenoxy) is 1. The number of amides is 1. The highest BCUT2D eigenvalue weighted by molar-refractivity contribution is 7.92. The maximum absolute atomic E-state index is 12.4. The summed E-state index contributed by atoms with van der Waals surface area (Å²) in [6.07, 6.45) is 2.88. The monoisotopic (exact) mass is 346 g/mol. The molecule has 8 heteroatoms. The van der Waals surface area contributed by atoms with E-state index in [1.165, 1.54) is 18.2 Å². The molecule has 1 saturated heterocycles. The number of hydrogen-bond donors (Lipinski definition) is 2. The van der Waals surface area contributed by atoms with Crippen LogP contribution in [0.3, 0.4) is 0 Å². The van der Waals surface area contributed by atoms with Crippen LogP contribution in [0.15, 0.2) is 18.2 Å². The summed E-state index contributed by atoms with van der Waals surface area (Å²) < 4.78 is 30.6. The number of hydrogen-bond acceptors (Lipinski definition) is 4. The van der Waals surface area contributed by atoms with E-state index in [-0.39, 0.29) is 23.4 Å². The van der Waals surface area contributed by atoms with Crippen molar-refractivity contribution in [3.05, 3.63) is 28.8 Å². The number of carbonyl (C=O) groups excluding carboxylic acids is 1. The van der Waals surface area contributed by atoms with Gasteiger partial charge in [0.1, 0.15) is 0 Å². The SMILES string of the molecule is C[C@H](NC(=O)c1cc(Cl)ccc1NS(C)(=O)=O)[C@H]1CCCO1. The molecule has 1 aliphatic heterocycles. The molecule has 2 N–H and O–H groups in total. The molecule has 0 unspecified atom stereocenters. The van der Waals surface area contributed by atoms with Gasteiger partial charge in [0.25, 0.3) is 5.91 Å². The molecule has 1 aromatic carbocycles. The lowest BCUT2D eigenvalue weighted by Gasteiger charge is -2.21. The van der Waals surface area contributed by atoms with E-state index in [1.807, 2.05) is 6.92 Å². The smallest absolute Gasteiger partial charge is 0.253 e. The van der Waals surface area contributed by atoms with E-state index in [0.717, 1.165) is 19.1 Å². The van der Waals surface area contributed by atoms with Gasteiger partial charge < -0.3 is 10.1 Å². The second-order valence-corrected chi connectivity index (χ2v) is 7.56. The number of benzene rings is 1. The Kier molecular flexibility index (Phi) is 5.31. The molecule has 1 heterocycles. The van der Waals surface area contributed by atoms with Crippen LogP contribution in [0.4, 0.5) is 5.69 Å². The van der Waals surface area contributed by atoms with Gasteiger partial charge in [-0.2, -0.15) is 0 Å². The van der Waals surface area contributed by atoms with Crippen LogP contribution < -0.4 is 10.0 Å². The molecule has 122 valence electrons. The Hall–Kier alpha value is -1.31. The van der Waals surface area contributed by atoms with Gasteiger partial charge in [-0.25, -0.2) is 8.42 Å². The minimum Gasteiger partial charge on any atom is -0.376 e. The van der Waals surface area contributed by atoms with Crippen molar-refractivity contribution in [3.63, 3.8) is 0 Å². The van der Waals surface area contributed by atoms with Gasteiger partial charge in [0.15, 0.2) is 0 Å². The predicted octanol–water partition coefficient (Wildman–Crippen LogP) is 2.01. The van der Waals surface area contributed by atoms with Gasteiger partial charge in [0, 0.05) is 11.6 Å². The van der Waals surface area contributed by atoms with E-state index < -0.39 is 15.9 Å². The average Bonchev–Trinajstić information content (AvgIpc) is 2.93. The standard InChI is InChI=1S/C14H19ClN2O4S/c1-9(13-4-3-7-21-13)16-14(18)11-8-10(15)5-6-12(11)17-22(2,19)20/h5-6,8-9,13,17H,3-4,7H2,1-2H3,(H,16,18)/t9-,13+/m0/s1. The Balaban J connectivity index is 2.18. The average molecular weight is 347 g/mol. The lowest BCUT2D eigenvalue weighted by atomic mass is 10.1. The summed E-state index contributed by atoms with van der Waals surface area (Å²) in [7, 11) is -3.49. The summed E-state index contributed by atoms with van der Waals surface area (Å²) in [5, 5.41) is 3.19. The molecule has 22 heavy (non-hydrogen) atoms. The molecule has 0 bridgehead atoms. The van der Waals surface area contributed by atoms with Crippen LogP contribution in [0, 0.1) is 0 Å². The number of carbonyl (C=O) groups is 1. The Morgan fingerprint density at radius 2 is 2.18 bits per heavy atom. The first kappa shape index (κ1) is 17.1. The number of nitrogens with one attached hydrogen (secondary N) is 2. The number of rotatable bonds is 5. The Morgan fingerprint density at radius 3 is 2.77 bits per heavy atom. The fourth-order valence-electron chi connectivity index (χ4n) is 2.37. The van der Waals surface area contributed by atoms with Crippen molar-refractivity contribution >= 4 is 33.2 Å². The van der Waals surface area contributed by atoms with Crippen LogP contribution in [-0.2, 0) is 14.8 Å². The zero-order chi connectivity index (χ0) is 16.3. The predicted molar refractivity (Wildman–Crippen MR) is 85.8 cm³/mol. The summed E-state index contributed by atoms with van der Waals surface area (Å²) >= 11 is 5.91. The highest BCUT2D eigenvalue weighted by Crippen LogP contribution is 2.22. The van der Waals surface area contributed by atoms with E-state index in [0.29, 0.717) is 11.6 Å². The maximum atomic E-state index is 12.4. The van der Waals surface area contributed by atoms with Crippen LogP contribution in [0.1, 0.15) is 30.1 Å². The molecule has 0 spiro atoms. The molecule has 0 saturated carbocycles. The zero-order valence-corrected chi connectivity index (χ0v) is 14.0. The minimum atomic E-state index is -3.49. The van der Waals surface area contributed by atoms with Crippen LogP contribution in [0.5, 0.6) is 0 Å². The van der Waals surface area contributed by atoms with Crippen LogP contribution >= 0.6 is 11.6 Å². The lowest BCUT2D eigenvalue weighted by molar-refractivity contribution is 0.0713. The topological polar surface area (TPSA) is 84.5 Å². The third-order valence-corrected chi connectivity index (χ3v) is 4.23. The molecule has 6 nitrogen and oxygen atoms in total. The van der Waals surface area contributed by atoms with Gasteiger partial charge in [0.2, 0.25) is 10.0 Å². The van der Waals surface area contributed by atoms with Crippen molar-refractivity contribution in [1.29, 1.82) is 0 Å². The quantitative estimate of drug-likeness (QED) is 0.854. The largest absolute Gasteiger partial charge is 0.376 e. The summed E-state index contributed by atoms with van der Waals surface area (Å²) in [5.41, 5.74) is 0.381. The third kappa shape index (κ3) is 4.59. The normalized spacial score (nSPS) is 19.7. The molecular formula is C14H19ClN2O4S. The van der Waals surface area contributed by atoms with Gasteiger partial charge in [-0.15, -0.1) is 0 Å². The molecule has 2 rings (SSSR count). The van der Waals surface area contributed by atoms with E-state index in [1.54, 1.807) is 0 Å². The van der Waals surface area contributed by atoms with E-state index in [2.05, 4.69) is 10.0 Å². The summed E-state index contributed by atoms with van der Waals surface area (Å²) in [4.78, 5) is 12.4. The Bertz CT molecular complexity index is 657. The van der Waals surface area contributed by atoms with Crippen molar-refractivity contribution in [2.45, 2.75) is 31.9 Å². The molecule has 1 fully saturated rings. The second-order valence-electron chi connectivity index (χ2n) is 5.38. The maximum Gasteiger partial charge on any atom is 0.253 e. The zero-order valence-electron chi connectivity index (χ0n) is 12.4. The van der Waals surface area contributed by atoms with E-state index in [4.69, 9.17) is 16.3 Å². The van der Waals surface area contributed by atoms with Gasteiger partial charge >= 0.3 is 0 Å². The van der Waals surface area contributed by atoms with Crippen LogP contribution in [0.25, 0.3) is 0 Å². The first-order chi connectivity index (χ1) is 10.3.